The van der Waals surface area contributed by atoms with Gasteiger partial charge in [-0.3, -0.25) is 4.79 Å². The van der Waals surface area contributed by atoms with E-state index in [1.807, 2.05) is 0 Å². The van der Waals surface area contributed by atoms with Crippen molar-refractivity contribution in [1.82, 2.24) is 5.32 Å². The topological polar surface area (TPSA) is 58.6 Å². The highest BCUT2D eigenvalue weighted by Gasteiger charge is 2.36. The van der Waals surface area contributed by atoms with Gasteiger partial charge < -0.3 is 15.2 Å². The number of hydrogen-bond donors (Lipinski definition) is 2. The second-order valence-corrected chi connectivity index (χ2v) is 6.38. The minimum absolute atomic E-state index is 0.0765. The number of nitrogens with one attached hydrogen (secondary N) is 1. The van der Waals surface area contributed by atoms with Crippen molar-refractivity contribution in [1.29, 1.82) is 0 Å². The SMILES string of the molecule is CCOC(=O)C1CCC(O)(CNCCSC(F)(F)F)CC1. The van der Waals surface area contributed by atoms with E-state index in [1.165, 1.54) is 0 Å². The highest BCUT2D eigenvalue weighted by Crippen LogP contribution is 2.32. The predicted octanol–water partition coefficient (Wildman–Crippen LogP) is 2.31. The summed E-state index contributed by atoms with van der Waals surface area (Å²) in [6.45, 7) is 2.53. The van der Waals surface area contributed by atoms with Crippen molar-refractivity contribution in [3.8, 4) is 0 Å². The van der Waals surface area contributed by atoms with E-state index >= 15 is 0 Å². The smallest absolute Gasteiger partial charge is 0.441 e. The van der Waals surface area contributed by atoms with E-state index in [2.05, 4.69) is 5.32 Å². The zero-order chi connectivity index (χ0) is 15.9. The van der Waals surface area contributed by atoms with Crippen LogP contribution in [0.4, 0.5) is 13.2 Å². The van der Waals surface area contributed by atoms with Crippen LogP contribution in [0.1, 0.15) is 32.6 Å². The number of ether oxygens (including phenoxy) is 1. The molecule has 1 fully saturated rings. The van der Waals surface area contributed by atoms with Gasteiger partial charge in [-0.2, -0.15) is 13.2 Å². The molecule has 0 aromatic heterocycles. The Bertz CT molecular complexity index is 331. The molecule has 2 N–H and O–H groups in total. The van der Waals surface area contributed by atoms with Gasteiger partial charge in [-0.05, 0) is 44.4 Å². The lowest BCUT2D eigenvalue weighted by Crippen LogP contribution is -2.45. The van der Waals surface area contributed by atoms with Gasteiger partial charge in [-0.1, -0.05) is 0 Å². The van der Waals surface area contributed by atoms with Gasteiger partial charge in [0.1, 0.15) is 0 Å². The fourth-order valence-electron chi connectivity index (χ4n) is 2.39. The zero-order valence-corrected chi connectivity index (χ0v) is 12.9. The molecule has 124 valence electrons. The quantitative estimate of drug-likeness (QED) is 0.554. The van der Waals surface area contributed by atoms with Crippen molar-refractivity contribution in [3.05, 3.63) is 0 Å². The fourth-order valence-corrected chi connectivity index (χ4v) is 2.87. The molecular formula is C13H22F3NO3S. The van der Waals surface area contributed by atoms with Gasteiger partial charge in [-0.15, -0.1) is 0 Å². The molecule has 0 aromatic rings. The second-order valence-electron chi connectivity index (χ2n) is 5.22. The molecule has 4 nitrogen and oxygen atoms in total. The van der Waals surface area contributed by atoms with E-state index in [-0.39, 0.29) is 42.5 Å². The van der Waals surface area contributed by atoms with Crippen LogP contribution < -0.4 is 5.32 Å². The number of rotatable bonds is 7. The normalized spacial score (nSPS) is 26.6. The summed E-state index contributed by atoms with van der Waals surface area (Å²) in [5, 5.41) is 13.2. The number of thioether (sulfide) groups is 1. The van der Waals surface area contributed by atoms with Crippen LogP contribution in [0, 0.1) is 5.92 Å². The molecule has 1 aliphatic rings. The summed E-state index contributed by atoms with van der Waals surface area (Å²) in [5.41, 5.74) is -5.15. The standard InChI is InChI=1S/C13H22F3NO3S/c1-2-20-11(18)10-3-5-12(19,6-4-10)9-17-7-8-21-13(14,15)16/h10,17,19H,2-9H2,1H3. The van der Waals surface area contributed by atoms with Gasteiger partial charge in [0.15, 0.2) is 0 Å². The van der Waals surface area contributed by atoms with Crippen molar-refractivity contribution < 1.29 is 27.8 Å². The number of esters is 1. The Morgan fingerprint density at radius 3 is 2.57 bits per heavy atom. The molecule has 0 saturated heterocycles. The monoisotopic (exact) mass is 329 g/mol. The fraction of sp³-hybridized carbons (Fsp3) is 0.923. The van der Waals surface area contributed by atoms with E-state index in [1.54, 1.807) is 6.92 Å². The zero-order valence-electron chi connectivity index (χ0n) is 12.0. The van der Waals surface area contributed by atoms with E-state index < -0.39 is 11.1 Å². The van der Waals surface area contributed by atoms with Crippen LogP contribution in [0.25, 0.3) is 0 Å². The molecule has 1 saturated carbocycles. The molecule has 0 amide bonds. The summed E-state index contributed by atoms with van der Waals surface area (Å²) in [5.74, 6) is -0.481. The third-order valence-corrected chi connectivity index (χ3v) is 4.27. The first-order valence-corrected chi connectivity index (χ1v) is 8.05. The van der Waals surface area contributed by atoms with Crippen LogP contribution in [0.3, 0.4) is 0 Å². The third kappa shape index (κ3) is 7.37. The molecule has 0 radical (unpaired) electrons. The summed E-state index contributed by atoms with van der Waals surface area (Å²) in [4.78, 5) is 11.6. The van der Waals surface area contributed by atoms with Gasteiger partial charge in [0, 0.05) is 18.8 Å². The molecule has 8 heteroatoms. The number of carbonyl (C=O) groups is 1. The Morgan fingerprint density at radius 1 is 1.43 bits per heavy atom. The van der Waals surface area contributed by atoms with Crippen molar-refractivity contribution in [2.24, 2.45) is 5.92 Å². The summed E-state index contributed by atoms with van der Waals surface area (Å²) >= 11 is -0.0765. The van der Waals surface area contributed by atoms with E-state index in [9.17, 15) is 23.1 Å². The maximum absolute atomic E-state index is 11.9. The number of carbonyl (C=O) groups excluding carboxylic acids is 1. The lowest BCUT2D eigenvalue weighted by molar-refractivity contribution is -0.151. The van der Waals surface area contributed by atoms with Gasteiger partial charge in [0.25, 0.3) is 0 Å². The molecule has 0 aliphatic heterocycles. The molecule has 0 unspecified atom stereocenters. The molecule has 0 bridgehead atoms. The van der Waals surface area contributed by atoms with Crippen molar-refractivity contribution >= 4 is 17.7 Å². The summed E-state index contributed by atoms with van der Waals surface area (Å²) < 4.78 is 40.8. The third-order valence-electron chi connectivity index (χ3n) is 3.53. The van der Waals surface area contributed by atoms with Crippen LogP contribution >= 0.6 is 11.8 Å². The molecule has 1 rings (SSSR count). The number of hydrogen-bond acceptors (Lipinski definition) is 5. The van der Waals surface area contributed by atoms with Crippen LogP contribution in [0.2, 0.25) is 0 Å². The van der Waals surface area contributed by atoms with Gasteiger partial charge in [0.2, 0.25) is 0 Å². The Hall–Kier alpha value is -0.470. The molecular weight excluding hydrogens is 307 g/mol. The average molecular weight is 329 g/mol. The van der Waals surface area contributed by atoms with Crippen molar-refractivity contribution in [2.75, 3.05) is 25.4 Å². The number of aliphatic hydroxyl groups is 1. The Morgan fingerprint density at radius 2 is 2.05 bits per heavy atom. The number of halogens is 3. The van der Waals surface area contributed by atoms with Crippen molar-refractivity contribution in [2.45, 2.75) is 43.7 Å². The molecule has 0 aromatic carbocycles. The first-order valence-electron chi connectivity index (χ1n) is 7.06. The van der Waals surface area contributed by atoms with Crippen LogP contribution in [0.5, 0.6) is 0 Å². The molecule has 21 heavy (non-hydrogen) atoms. The van der Waals surface area contributed by atoms with Crippen LogP contribution in [-0.4, -0.2) is 47.6 Å². The first-order chi connectivity index (χ1) is 9.76. The molecule has 1 aliphatic carbocycles. The maximum atomic E-state index is 11.9. The minimum Gasteiger partial charge on any atom is -0.466 e. The Balaban J connectivity index is 2.20. The van der Waals surface area contributed by atoms with E-state index in [4.69, 9.17) is 4.74 Å². The van der Waals surface area contributed by atoms with Crippen LogP contribution in [0.15, 0.2) is 0 Å². The second kappa shape index (κ2) is 8.24. The van der Waals surface area contributed by atoms with Gasteiger partial charge in [-0.25, -0.2) is 0 Å². The molecule has 0 spiro atoms. The first kappa shape index (κ1) is 18.6. The number of alkyl halides is 3. The molecule has 0 atom stereocenters. The summed E-state index contributed by atoms with van der Waals surface area (Å²) in [6.07, 6.45) is 2.01. The van der Waals surface area contributed by atoms with E-state index in [0.717, 1.165) is 0 Å². The van der Waals surface area contributed by atoms with E-state index in [0.29, 0.717) is 32.3 Å². The largest absolute Gasteiger partial charge is 0.466 e. The highest BCUT2D eigenvalue weighted by molar-refractivity contribution is 8.00. The average Bonchev–Trinajstić information content (AvgIpc) is 2.38. The van der Waals surface area contributed by atoms with Crippen LogP contribution in [-0.2, 0) is 9.53 Å². The lowest BCUT2D eigenvalue weighted by Gasteiger charge is -2.35. The minimum atomic E-state index is -4.21. The lowest BCUT2D eigenvalue weighted by atomic mass is 9.79. The Labute approximate surface area is 126 Å². The summed E-state index contributed by atoms with van der Waals surface area (Å²) in [7, 11) is 0. The molecule has 0 heterocycles. The van der Waals surface area contributed by atoms with Gasteiger partial charge in [0.05, 0.1) is 18.1 Å². The highest BCUT2D eigenvalue weighted by atomic mass is 32.2. The van der Waals surface area contributed by atoms with Gasteiger partial charge >= 0.3 is 11.5 Å². The van der Waals surface area contributed by atoms with Crippen molar-refractivity contribution in [3.63, 3.8) is 0 Å². The Kier molecular flexibility index (Phi) is 7.29. The predicted molar refractivity (Wildman–Crippen MR) is 74.9 cm³/mol. The maximum Gasteiger partial charge on any atom is 0.441 e. The summed E-state index contributed by atoms with van der Waals surface area (Å²) in [6, 6.07) is 0.